The quantitative estimate of drug-likeness (QED) is 0.520. The Balaban J connectivity index is 5.47. The molecule has 0 fully saturated rings. The van der Waals surface area contributed by atoms with E-state index in [4.69, 9.17) is 0 Å². The lowest BCUT2D eigenvalue weighted by Crippen LogP contribution is -2.15. The number of allylic oxidation sites excluding steroid dienone is 7. The molecule has 0 heterocycles. The van der Waals surface area contributed by atoms with Gasteiger partial charge in [-0.3, -0.25) is 0 Å². The van der Waals surface area contributed by atoms with Crippen molar-refractivity contribution >= 4 is 0 Å². The summed E-state index contributed by atoms with van der Waals surface area (Å²) in [4.78, 5) is 0. The highest BCUT2D eigenvalue weighted by molar-refractivity contribution is 5.36. The van der Waals surface area contributed by atoms with Crippen molar-refractivity contribution < 1.29 is 0 Å². The molecular formula is C16H26. The predicted octanol–water partition coefficient (Wildman–Crippen LogP) is 5.45. The SMILES string of the molecule is C=C(CC)C(C=CC)(C=CCC)C=C(C)C. The third-order valence-electron chi connectivity index (χ3n) is 2.64. The molecule has 0 aliphatic rings. The molecule has 0 bridgehead atoms. The van der Waals surface area contributed by atoms with Gasteiger partial charge in [-0.15, -0.1) is 0 Å². The van der Waals surface area contributed by atoms with E-state index in [2.05, 4.69) is 71.6 Å². The average Bonchev–Trinajstić information content (AvgIpc) is 2.24. The zero-order chi connectivity index (χ0) is 12.6. The molecule has 0 spiro atoms. The second kappa shape index (κ2) is 7.27. The Kier molecular flexibility index (Phi) is 6.80. The maximum Gasteiger partial charge on any atom is 0.0452 e. The van der Waals surface area contributed by atoms with Gasteiger partial charge in [-0.05, 0) is 33.6 Å². The summed E-state index contributed by atoms with van der Waals surface area (Å²) >= 11 is 0. The van der Waals surface area contributed by atoms with Crippen molar-refractivity contribution in [1.82, 2.24) is 0 Å². The molecule has 0 aliphatic carbocycles. The minimum atomic E-state index is -0.0850. The zero-order valence-electron chi connectivity index (χ0n) is 11.5. The highest BCUT2D eigenvalue weighted by Crippen LogP contribution is 2.35. The fourth-order valence-electron chi connectivity index (χ4n) is 1.86. The van der Waals surface area contributed by atoms with Crippen LogP contribution in [0, 0.1) is 5.41 Å². The molecule has 0 amide bonds. The van der Waals surface area contributed by atoms with Gasteiger partial charge in [0.2, 0.25) is 0 Å². The average molecular weight is 218 g/mol. The maximum absolute atomic E-state index is 4.22. The van der Waals surface area contributed by atoms with Crippen molar-refractivity contribution in [3.05, 3.63) is 48.1 Å². The molecule has 0 N–H and O–H groups in total. The Morgan fingerprint density at radius 2 is 1.81 bits per heavy atom. The van der Waals surface area contributed by atoms with E-state index in [1.54, 1.807) is 0 Å². The van der Waals surface area contributed by atoms with Crippen LogP contribution < -0.4 is 0 Å². The topological polar surface area (TPSA) is 0 Å². The summed E-state index contributed by atoms with van der Waals surface area (Å²) in [5.74, 6) is 0. The first-order valence-corrected chi connectivity index (χ1v) is 6.18. The second-order valence-electron chi connectivity index (χ2n) is 4.42. The van der Waals surface area contributed by atoms with Gasteiger partial charge in [-0.2, -0.15) is 0 Å². The van der Waals surface area contributed by atoms with E-state index in [1.165, 1.54) is 11.1 Å². The summed E-state index contributed by atoms with van der Waals surface area (Å²) < 4.78 is 0. The Bertz CT molecular complexity index is 298. The maximum atomic E-state index is 4.22. The Labute approximate surface area is 101 Å². The van der Waals surface area contributed by atoms with Crippen molar-refractivity contribution in [1.29, 1.82) is 0 Å². The lowest BCUT2D eigenvalue weighted by molar-refractivity contribution is 0.708. The summed E-state index contributed by atoms with van der Waals surface area (Å²) in [7, 11) is 0. The highest BCUT2D eigenvalue weighted by Gasteiger charge is 2.22. The van der Waals surface area contributed by atoms with Crippen LogP contribution in [0.3, 0.4) is 0 Å². The molecule has 1 unspecified atom stereocenters. The molecule has 0 saturated heterocycles. The van der Waals surface area contributed by atoms with E-state index in [1.807, 2.05) is 0 Å². The Morgan fingerprint density at radius 3 is 2.19 bits per heavy atom. The van der Waals surface area contributed by atoms with Gasteiger partial charge < -0.3 is 0 Å². The third-order valence-corrected chi connectivity index (χ3v) is 2.64. The molecule has 0 aromatic rings. The van der Waals surface area contributed by atoms with Gasteiger partial charge in [0.25, 0.3) is 0 Å². The van der Waals surface area contributed by atoms with Gasteiger partial charge in [0.1, 0.15) is 0 Å². The normalized spacial score (nSPS) is 15.3. The van der Waals surface area contributed by atoms with E-state index >= 15 is 0 Å². The predicted molar refractivity (Wildman–Crippen MR) is 75.5 cm³/mol. The van der Waals surface area contributed by atoms with Gasteiger partial charge in [-0.25, -0.2) is 0 Å². The molecule has 0 heteroatoms. The van der Waals surface area contributed by atoms with Gasteiger partial charge >= 0.3 is 0 Å². The van der Waals surface area contributed by atoms with Gasteiger partial charge in [0, 0.05) is 5.41 Å². The summed E-state index contributed by atoms with van der Waals surface area (Å²) in [6.45, 7) is 14.9. The van der Waals surface area contributed by atoms with E-state index in [0.29, 0.717) is 0 Å². The van der Waals surface area contributed by atoms with Crippen molar-refractivity contribution in [2.45, 2.75) is 47.5 Å². The number of hydrogen-bond acceptors (Lipinski definition) is 0. The van der Waals surface area contributed by atoms with Gasteiger partial charge in [0.15, 0.2) is 0 Å². The van der Waals surface area contributed by atoms with Crippen LogP contribution >= 0.6 is 0 Å². The van der Waals surface area contributed by atoms with Crippen molar-refractivity contribution in [2.75, 3.05) is 0 Å². The van der Waals surface area contributed by atoms with Crippen LogP contribution in [-0.2, 0) is 0 Å². The third kappa shape index (κ3) is 4.22. The molecule has 0 aromatic carbocycles. The zero-order valence-corrected chi connectivity index (χ0v) is 11.5. The van der Waals surface area contributed by atoms with Crippen molar-refractivity contribution in [3.63, 3.8) is 0 Å². The molecule has 0 nitrogen and oxygen atoms in total. The molecule has 0 aromatic heterocycles. The standard InChI is InChI=1S/C16H26/c1-7-10-12-16(11-8-2,13-14(4)5)15(6)9-3/h8,10-13H,6-7,9H2,1-5H3. The number of rotatable bonds is 6. The summed E-state index contributed by atoms with van der Waals surface area (Å²) in [5.41, 5.74) is 2.49. The lowest BCUT2D eigenvalue weighted by atomic mass is 9.77. The van der Waals surface area contributed by atoms with E-state index in [-0.39, 0.29) is 5.41 Å². The first kappa shape index (κ1) is 15.0. The van der Waals surface area contributed by atoms with Crippen LogP contribution in [0.25, 0.3) is 0 Å². The Hall–Kier alpha value is -1.04. The van der Waals surface area contributed by atoms with Crippen LogP contribution in [-0.4, -0.2) is 0 Å². The minimum absolute atomic E-state index is 0.0850. The number of hydrogen-bond donors (Lipinski definition) is 0. The molecule has 0 aliphatic heterocycles. The summed E-state index contributed by atoms with van der Waals surface area (Å²) in [5, 5.41) is 0. The molecule has 0 radical (unpaired) electrons. The monoisotopic (exact) mass is 218 g/mol. The van der Waals surface area contributed by atoms with E-state index in [0.717, 1.165) is 12.8 Å². The smallest absolute Gasteiger partial charge is 0.0452 e. The van der Waals surface area contributed by atoms with Crippen LogP contribution in [0.2, 0.25) is 0 Å². The summed E-state index contributed by atoms with van der Waals surface area (Å²) in [6, 6.07) is 0. The molecule has 0 saturated carbocycles. The second-order valence-corrected chi connectivity index (χ2v) is 4.42. The van der Waals surface area contributed by atoms with Crippen LogP contribution in [0.4, 0.5) is 0 Å². The molecular weight excluding hydrogens is 192 g/mol. The highest BCUT2D eigenvalue weighted by atomic mass is 14.3. The van der Waals surface area contributed by atoms with Crippen molar-refractivity contribution in [3.8, 4) is 0 Å². The van der Waals surface area contributed by atoms with E-state index in [9.17, 15) is 0 Å². The van der Waals surface area contributed by atoms with Crippen LogP contribution in [0.15, 0.2) is 48.1 Å². The molecule has 1 atom stereocenters. The lowest BCUT2D eigenvalue weighted by Gasteiger charge is -2.27. The first-order valence-electron chi connectivity index (χ1n) is 6.18. The first-order chi connectivity index (χ1) is 7.52. The Morgan fingerprint density at radius 1 is 1.19 bits per heavy atom. The van der Waals surface area contributed by atoms with Crippen LogP contribution in [0.5, 0.6) is 0 Å². The molecule has 16 heavy (non-hydrogen) atoms. The molecule has 90 valence electrons. The van der Waals surface area contributed by atoms with Gasteiger partial charge in [0.05, 0.1) is 0 Å². The van der Waals surface area contributed by atoms with E-state index < -0.39 is 0 Å². The largest absolute Gasteiger partial charge is 0.0984 e. The van der Waals surface area contributed by atoms with Crippen molar-refractivity contribution in [2.24, 2.45) is 5.41 Å². The minimum Gasteiger partial charge on any atom is -0.0984 e. The fraction of sp³-hybridized carbons (Fsp3) is 0.500. The van der Waals surface area contributed by atoms with Gasteiger partial charge in [-0.1, -0.05) is 62.0 Å². The van der Waals surface area contributed by atoms with Crippen LogP contribution in [0.1, 0.15) is 47.5 Å². The fourth-order valence-corrected chi connectivity index (χ4v) is 1.86. The molecule has 0 rings (SSSR count). The summed E-state index contributed by atoms with van der Waals surface area (Å²) in [6.07, 6.45) is 13.2.